The fourth-order valence-corrected chi connectivity index (χ4v) is 2.23. The molecule has 0 fully saturated rings. The molecule has 7 heteroatoms. The largest absolute Gasteiger partial charge is 0.329 e. The molecule has 0 saturated heterocycles. The molecule has 0 amide bonds. The number of nitrogens with two attached hydrogens (primary N) is 1. The number of aryl methyl sites for hydroxylation is 1. The van der Waals surface area contributed by atoms with Crippen molar-refractivity contribution in [3.05, 3.63) is 28.0 Å². The van der Waals surface area contributed by atoms with Gasteiger partial charge in [-0.25, -0.2) is 4.98 Å². The van der Waals surface area contributed by atoms with Crippen molar-refractivity contribution in [1.29, 1.82) is 0 Å². The van der Waals surface area contributed by atoms with E-state index in [4.69, 9.17) is 5.73 Å². The third kappa shape index (κ3) is 3.58. The molecule has 0 aliphatic carbocycles. The topological polar surface area (TPSA) is 81.7 Å². The van der Waals surface area contributed by atoms with Gasteiger partial charge in [-0.15, -0.1) is 16.4 Å². The van der Waals surface area contributed by atoms with Gasteiger partial charge >= 0.3 is 0 Å². The van der Waals surface area contributed by atoms with Gasteiger partial charge in [-0.05, 0) is 6.92 Å². The molecule has 0 saturated carbocycles. The fraction of sp³-hybridized carbons (Fsp3) is 0.500. The zero-order chi connectivity index (χ0) is 12.1. The minimum atomic E-state index is 0.580. The number of nitrogens with one attached hydrogen (secondary N) is 1. The Labute approximate surface area is 104 Å². The van der Waals surface area contributed by atoms with Crippen molar-refractivity contribution in [1.82, 2.24) is 25.3 Å². The Morgan fingerprint density at radius 1 is 1.47 bits per heavy atom. The Morgan fingerprint density at radius 3 is 3.06 bits per heavy atom. The van der Waals surface area contributed by atoms with Crippen LogP contribution in [0.3, 0.4) is 0 Å². The number of nitrogens with zero attached hydrogens (tertiary/aromatic N) is 4. The highest BCUT2D eigenvalue weighted by atomic mass is 32.1. The molecule has 2 heterocycles. The van der Waals surface area contributed by atoms with Crippen LogP contribution in [-0.2, 0) is 19.6 Å². The normalized spacial score (nSPS) is 10.9. The van der Waals surface area contributed by atoms with Crippen molar-refractivity contribution in [2.45, 2.75) is 26.6 Å². The molecule has 2 aromatic heterocycles. The van der Waals surface area contributed by atoms with Crippen LogP contribution in [0.15, 0.2) is 12.4 Å². The van der Waals surface area contributed by atoms with E-state index in [-0.39, 0.29) is 0 Å². The highest BCUT2D eigenvalue weighted by Gasteiger charge is 2.01. The molecular weight excluding hydrogens is 236 g/mol. The van der Waals surface area contributed by atoms with Crippen molar-refractivity contribution in [2.75, 3.05) is 6.54 Å². The minimum Gasteiger partial charge on any atom is -0.329 e. The van der Waals surface area contributed by atoms with Gasteiger partial charge in [-0.2, -0.15) is 0 Å². The molecule has 0 atom stereocenters. The second-order valence-corrected chi connectivity index (χ2v) is 5.03. The van der Waals surface area contributed by atoms with Crippen LogP contribution in [0.4, 0.5) is 0 Å². The van der Waals surface area contributed by atoms with Gasteiger partial charge in [0, 0.05) is 36.9 Å². The first-order valence-electron chi connectivity index (χ1n) is 5.49. The van der Waals surface area contributed by atoms with E-state index in [9.17, 15) is 0 Å². The summed E-state index contributed by atoms with van der Waals surface area (Å²) in [6, 6.07) is 0. The summed E-state index contributed by atoms with van der Waals surface area (Å²) in [5.74, 6) is 0. The fourth-order valence-electron chi connectivity index (χ4n) is 1.46. The molecule has 6 nitrogen and oxygen atoms in total. The molecule has 2 aromatic rings. The number of hydrogen-bond acceptors (Lipinski definition) is 6. The summed E-state index contributed by atoms with van der Waals surface area (Å²) >= 11 is 1.70. The molecule has 0 unspecified atom stereocenters. The maximum atomic E-state index is 5.44. The molecule has 0 spiro atoms. The first-order valence-corrected chi connectivity index (χ1v) is 6.30. The van der Waals surface area contributed by atoms with Crippen LogP contribution >= 0.6 is 11.3 Å². The van der Waals surface area contributed by atoms with E-state index in [1.54, 1.807) is 16.0 Å². The lowest BCUT2D eigenvalue weighted by molar-refractivity contribution is 0.598. The Morgan fingerprint density at radius 2 is 2.35 bits per heavy atom. The van der Waals surface area contributed by atoms with Crippen LogP contribution in [0, 0.1) is 6.92 Å². The summed E-state index contributed by atoms with van der Waals surface area (Å²) in [4.78, 5) is 5.44. The summed E-state index contributed by atoms with van der Waals surface area (Å²) < 4.78 is 1.76. The second kappa shape index (κ2) is 5.85. The molecule has 0 aliphatic heterocycles. The third-order valence-corrected chi connectivity index (χ3v) is 3.13. The van der Waals surface area contributed by atoms with Crippen LogP contribution in [0.2, 0.25) is 0 Å². The Bertz CT molecular complexity index is 463. The van der Waals surface area contributed by atoms with E-state index >= 15 is 0 Å². The van der Waals surface area contributed by atoms with Crippen LogP contribution in [0.5, 0.6) is 0 Å². The standard InChI is InChI=1S/C10H16N6S/c1-8-13-6-10(17-8)5-12-4-9-7-16(3-2-11)15-14-9/h6-7,12H,2-5,11H2,1H3. The quantitative estimate of drug-likeness (QED) is 0.772. The van der Waals surface area contributed by atoms with Crippen LogP contribution in [0.1, 0.15) is 15.6 Å². The Hall–Kier alpha value is -1.31. The van der Waals surface area contributed by atoms with Crippen LogP contribution < -0.4 is 11.1 Å². The van der Waals surface area contributed by atoms with Gasteiger partial charge < -0.3 is 11.1 Å². The monoisotopic (exact) mass is 252 g/mol. The Balaban J connectivity index is 1.77. The number of thiazole rings is 1. The molecule has 0 radical (unpaired) electrons. The molecule has 2 rings (SSSR count). The first-order chi connectivity index (χ1) is 8.28. The van der Waals surface area contributed by atoms with Gasteiger partial charge in [0.2, 0.25) is 0 Å². The molecule has 0 aromatic carbocycles. The highest BCUT2D eigenvalue weighted by Crippen LogP contribution is 2.10. The SMILES string of the molecule is Cc1ncc(CNCc2cn(CCN)nn2)s1. The van der Waals surface area contributed by atoms with Gasteiger partial charge in [0.25, 0.3) is 0 Å². The molecular formula is C10H16N6S. The number of rotatable bonds is 6. The predicted molar refractivity (Wildman–Crippen MR) is 66.5 cm³/mol. The van der Waals surface area contributed by atoms with E-state index in [0.717, 1.165) is 17.2 Å². The molecule has 17 heavy (non-hydrogen) atoms. The van der Waals surface area contributed by atoms with Crippen LogP contribution in [0.25, 0.3) is 0 Å². The smallest absolute Gasteiger partial charge is 0.0964 e. The van der Waals surface area contributed by atoms with Gasteiger partial charge in [0.05, 0.1) is 17.2 Å². The number of hydrogen-bond donors (Lipinski definition) is 2. The minimum absolute atomic E-state index is 0.580. The van der Waals surface area contributed by atoms with Crippen molar-refractivity contribution in [2.24, 2.45) is 5.73 Å². The molecule has 0 aliphatic rings. The molecule has 92 valence electrons. The van der Waals surface area contributed by atoms with Gasteiger partial charge in [0.1, 0.15) is 0 Å². The lowest BCUT2D eigenvalue weighted by Gasteiger charge is -1.98. The van der Waals surface area contributed by atoms with E-state index in [1.165, 1.54) is 4.88 Å². The average Bonchev–Trinajstić information content (AvgIpc) is 2.89. The summed E-state index contributed by atoms with van der Waals surface area (Å²) in [7, 11) is 0. The van der Waals surface area contributed by atoms with Crippen molar-refractivity contribution >= 4 is 11.3 Å². The summed E-state index contributed by atoms with van der Waals surface area (Å²) in [5.41, 5.74) is 6.37. The second-order valence-electron chi connectivity index (χ2n) is 3.71. The highest BCUT2D eigenvalue weighted by molar-refractivity contribution is 7.11. The van der Waals surface area contributed by atoms with Gasteiger partial charge in [-0.1, -0.05) is 5.21 Å². The van der Waals surface area contributed by atoms with E-state index in [2.05, 4.69) is 20.6 Å². The maximum Gasteiger partial charge on any atom is 0.0964 e. The van der Waals surface area contributed by atoms with Crippen LogP contribution in [-0.4, -0.2) is 26.5 Å². The van der Waals surface area contributed by atoms with Gasteiger partial charge in [0.15, 0.2) is 0 Å². The van der Waals surface area contributed by atoms with E-state index in [0.29, 0.717) is 19.6 Å². The first kappa shape index (κ1) is 12.2. The molecule has 0 bridgehead atoms. The lowest BCUT2D eigenvalue weighted by Crippen LogP contribution is -2.12. The van der Waals surface area contributed by atoms with Crippen molar-refractivity contribution in [3.8, 4) is 0 Å². The van der Waals surface area contributed by atoms with Gasteiger partial charge in [-0.3, -0.25) is 4.68 Å². The Kier molecular flexibility index (Phi) is 4.18. The lowest BCUT2D eigenvalue weighted by atomic mass is 10.4. The molecule has 3 N–H and O–H groups in total. The average molecular weight is 252 g/mol. The summed E-state index contributed by atoms with van der Waals surface area (Å²) in [6.45, 7) is 4.82. The summed E-state index contributed by atoms with van der Waals surface area (Å²) in [6.07, 6.45) is 3.82. The van der Waals surface area contributed by atoms with E-state index < -0.39 is 0 Å². The third-order valence-electron chi connectivity index (χ3n) is 2.22. The summed E-state index contributed by atoms with van der Waals surface area (Å²) in [5, 5.41) is 12.4. The zero-order valence-corrected chi connectivity index (χ0v) is 10.6. The van der Waals surface area contributed by atoms with Crippen molar-refractivity contribution in [3.63, 3.8) is 0 Å². The maximum absolute atomic E-state index is 5.44. The van der Waals surface area contributed by atoms with E-state index in [1.807, 2.05) is 19.3 Å². The number of aromatic nitrogens is 4. The predicted octanol–water partition coefficient (Wildman–Crippen LogP) is 0.292. The van der Waals surface area contributed by atoms with Crippen molar-refractivity contribution < 1.29 is 0 Å². The zero-order valence-electron chi connectivity index (χ0n) is 9.76.